The van der Waals surface area contributed by atoms with Crippen LogP contribution in [0.5, 0.6) is 5.75 Å². The highest BCUT2D eigenvalue weighted by Crippen LogP contribution is 2.33. The lowest BCUT2D eigenvalue weighted by molar-refractivity contribution is 0.290. The Morgan fingerprint density at radius 2 is 2.00 bits per heavy atom. The minimum Gasteiger partial charge on any atom is -0.507 e. The van der Waals surface area contributed by atoms with Crippen molar-refractivity contribution in [2.75, 3.05) is 13.1 Å². The van der Waals surface area contributed by atoms with Gasteiger partial charge in [-0.2, -0.15) is 0 Å². The van der Waals surface area contributed by atoms with Gasteiger partial charge in [0.05, 0.1) is 0 Å². The van der Waals surface area contributed by atoms with E-state index in [2.05, 4.69) is 25.3 Å². The van der Waals surface area contributed by atoms with Crippen molar-refractivity contribution in [2.45, 2.75) is 33.2 Å². The Labute approximate surface area is 115 Å². The van der Waals surface area contributed by atoms with Crippen molar-refractivity contribution in [3.8, 4) is 5.75 Å². The first-order valence-electron chi connectivity index (χ1n) is 6.39. The minimum absolute atomic E-state index is 0.0964. The van der Waals surface area contributed by atoms with E-state index in [0.717, 1.165) is 30.8 Å². The molecule has 3 heteroatoms. The van der Waals surface area contributed by atoms with Gasteiger partial charge in [-0.05, 0) is 25.2 Å². The summed E-state index contributed by atoms with van der Waals surface area (Å²) in [6.45, 7) is 12.6. The zero-order valence-corrected chi connectivity index (χ0v) is 12.2. The van der Waals surface area contributed by atoms with Crippen LogP contribution in [-0.2, 0) is 6.54 Å². The Hall–Kier alpha value is -0.990. The summed E-state index contributed by atoms with van der Waals surface area (Å²) in [6.07, 6.45) is 1.81. The molecule has 1 rings (SSSR count). The second-order valence-corrected chi connectivity index (χ2v) is 4.92. The Bertz CT molecular complexity index is 413. The zero-order valence-electron chi connectivity index (χ0n) is 11.4. The number of rotatable bonds is 6. The van der Waals surface area contributed by atoms with Crippen LogP contribution in [0, 0.1) is 0 Å². The number of hydrogen-bond donors (Lipinski definition) is 1. The predicted octanol–water partition coefficient (Wildman–Crippen LogP) is 4.18. The standard InChI is InChI=1S/C15H22ClNO/c1-5-11(4)14-9-13(16)8-12(15(14)18)10-17(6-2)7-3/h5,8-9,11,18H,1,6-7,10H2,2-4H3. The molecule has 0 radical (unpaired) electrons. The number of allylic oxidation sites excluding steroid dienone is 1. The Morgan fingerprint density at radius 1 is 1.39 bits per heavy atom. The summed E-state index contributed by atoms with van der Waals surface area (Å²) in [5.41, 5.74) is 1.73. The molecule has 0 saturated heterocycles. The van der Waals surface area contributed by atoms with Gasteiger partial charge >= 0.3 is 0 Å². The fourth-order valence-electron chi connectivity index (χ4n) is 1.96. The summed E-state index contributed by atoms with van der Waals surface area (Å²) in [7, 11) is 0. The topological polar surface area (TPSA) is 23.5 Å². The largest absolute Gasteiger partial charge is 0.507 e. The van der Waals surface area contributed by atoms with Crippen LogP contribution >= 0.6 is 11.6 Å². The van der Waals surface area contributed by atoms with Gasteiger partial charge in [0.1, 0.15) is 5.75 Å². The molecule has 1 N–H and O–H groups in total. The molecule has 0 spiro atoms. The smallest absolute Gasteiger partial charge is 0.123 e. The molecule has 18 heavy (non-hydrogen) atoms. The summed E-state index contributed by atoms with van der Waals surface area (Å²) in [4.78, 5) is 2.24. The molecule has 1 atom stereocenters. The van der Waals surface area contributed by atoms with E-state index in [1.54, 1.807) is 0 Å². The average molecular weight is 268 g/mol. The second-order valence-electron chi connectivity index (χ2n) is 4.49. The van der Waals surface area contributed by atoms with Crippen molar-refractivity contribution in [3.63, 3.8) is 0 Å². The molecule has 0 fully saturated rings. The van der Waals surface area contributed by atoms with E-state index in [9.17, 15) is 5.11 Å². The van der Waals surface area contributed by atoms with E-state index in [1.165, 1.54) is 0 Å². The molecule has 0 aromatic heterocycles. The lowest BCUT2D eigenvalue weighted by atomic mass is 9.97. The van der Waals surface area contributed by atoms with Crippen LogP contribution in [0.15, 0.2) is 24.8 Å². The predicted molar refractivity (Wildman–Crippen MR) is 78.4 cm³/mol. The van der Waals surface area contributed by atoms with Crippen molar-refractivity contribution < 1.29 is 5.11 Å². The van der Waals surface area contributed by atoms with Gasteiger partial charge in [-0.25, -0.2) is 0 Å². The van der Waals surface area contributed by atoms with Crippen molar-refractivity contribution in [1.29, 1.82) is 0 Å². The van der Waals surface area contributed by atoms with Crippen LogP contribution in [0.25, 0.3) is 0 Å². The SMILES string of the molecule is C=CC(C)c1cc(Cl)cc(CN(CC)CC)c1O. The van der Waals surface area contributed by atoms with E-state index in [4.69, 9.17) is 11.6 Å². The van der Waals surface area contributed by atoms with E-state index >= 15 is 0 Å². The minimum atomic E-state index is 0.0964. The molecule has 0 heterocycles. The summed E-state index contributed by atoms with van der Waals surface area (Å²) < 4.78 is 0. The third kappa shape index (κ3) is 3.50. The highest BCUT2D eigenvalue weighted by atomic mass is 35.5. The molecule has 100 valence electrons. The number of aromatic hydroxyl groups is 1. The lowest BCUT2D eigenvalue weighted by Crippen LogP contribution is -2.22. The number of nitrogens with zero attached hydrogens (tertiary/aromatic N) is 1. The van der Waals surface area contributed by atoms with Crippen molar-refractivity contribution >= 4 is 11.6 Å². The molecular formula is C15H22ClNO. The number of benzene rings is 1. The van der Waals surface area contributed by atoms with Gasteiger partial charge < -0.3 is 5.11 Å². The van der Waals surface area contributed by atoms with E-state index in [-0.39, 0.29) is 5.92 Å². The molecule has 1 aromatic rings. The molecule has 0 saturated carbocycles. The maximum atomic E-state index is 10.3. The highest BCUT2D eigenvalue weighted by Gasteiger charge is 2.14. The summed E-state index contributed by atoms with van der Waals surface area (Å²) in [6, 6.07) is 3.66. The Balaban J connectivity index is 3.12. The third-order valence-electron chi connectivity index (χ3n) is 3.32. The van der Waals surface area contributed by atoms with Crippen LogP contribution in [0.1, 0.15) is 37.8 Å². The van der Waals surface area contributed by atoms with E-state index in [1.807, 2.05) is 25.1 Å². The number of halogens is 1. The van der Waals surface area contributed by atoms with Gasteiger partial charge in [0.25, 0.3) is 0 Å². The van der Waals surface area contributed by atoms with Crippen molar-refractivity contribution in [2.24, 2.45) is 0 Å². The first kappa shape index (κ1) is 15.1. The zero-order chi connectivity index (χ0) is 13.7. The normalized spacial score (nSPS) is 12.7. The van der Waals surface area contributed by atoms with Gasteiger partial charge in [0.2, 0.25) is 0 Å². The quantitative estimate of drug-likeness (QED) is 0.782. The van der Waals surface area contributed by atoms with Crippen LogP contribution in [0.2, 0.25) is 5.02 Å². The number of hydrogen-bond acceptors (Lipinski definition) is 2. The Morgan fingerprint density at radius 3 is 2.50 bits per heavy atom. The summed E-state index contributed by atoms with van der Waals surface area (Å²) >= 11 is 6.13. The molecule has 0 amide bonds. The lowest BCUT2D eigenvalue weighted by Gasteiger charge is -2.21. The van der Waals surface area contributed by atoms with E-state index in [0.29, 0.717) is 10.8 Å². The van der Waals surface area contributed by atoms with Crippen molar-refractivity contribution in [1.82, 2.24) is 4.90 Å². The molecular weight excluding hydrogens is 246 g/mol. The molecule has 1 aromatic carbocycles. The first-order valence-corrected chi connectivity index (χ1v) is 6.77. The van der Waals surface area contributed by atoms with Gasteiger partial charge in [-0.3, -0.25) is 4.90 Å². The molecule has 0 aliphatic heterocycles. The first-order chi connectivity index (χ1) is 8.53. The molecule has 0 aliphatic carbocycles. The number of phenolic OH excluding ortho intramolecular Hbond substituents is 1. The highest BCUT2D eigenvalue weighted by molar-refractivity contribution is 6.30. The maximum absolute atomic E-state index is 10.3. The molecule has 0 bridgehead atoms. The van der Waals surface area contributed by atoms with Gasteiger partial charge in [-0.15, -0.1) is 6.58 Å². The monoisotopic (exact) mass is 267 g/mol. The third-order valence-corrected chi connectivity index (χ3v) is 3.53. The number of phenols is 1. The van der Waals surface area contributed by atoms with E-state index < -0.39 is 0 Å². The van der Waals surface area contributed by atoms with Crippen LogP contribution in [-0.4, -0.2) is 23.1 Å². The second kappa shape index (κ2) is 6.81. The average Bonchev–Trinajstić information content (AvgIpc) is 2.38. The maximum Gasteiger partial charge on any atom is 0.123 e. The van der Waals surface area contributed by atoms with Gasteiger partial charge in [0.15, 0.2) is 0 Å². The summed E-state index contributed by atoms with van der Waals surface area (Å²) in [5.74, 6) is 0.442. The van der Waals surface area contributed by atoms with Gasteiger partial charge in [0, 0.05) is 28.6 Å². The van der Waals surface area contributed by atoms with Crippen LogP contribution < -0.4 is 0 Å². The molecule has 0 aliphatic rings. The molecule has 2 nitrogen and oxygen atoms in total. The van der Waals surface area contributed by atoms with Crippen LogP contribution in [0.4, 0.5) is 0 Å². The molecule has 1 unspecified atom stereocenters. The fraction of sp³-hybridized carbons (Fsp3) is 0.467. The van der Waals surface area contributed by atoms with Crippen molar-refractivity contribution in [3.05, 3.63) is 40.9 Å². The van der Waals surface area contributed by atoms with Crippen LogP contribution in [0.3, 0.4) is 0 Å². The fourth-order valence-corrected chi connectivity index (χ4v) is 2.21. The van der Waals surface area contributed by atoms with Gasteiger partial charge in [-0.1, -0.05) is 38.4 Å². The summed E-state index contributed by atoms with van der Waals surface area (Å²) in [5, 5.41) is 11.0. The Kier molecular flexibility index (Phi) is 5.70.